The lowest BCUT2D eigenvalue weighted by Crippen LogP contribution is -2.11. The number of anilines is 1. The Morgan fingerprint density at radius 2 is 2.00 bits per heavy atom. The molecule has 0 saturated heterocycles. The highest BCUT2D eigenvalue weighted by molar-refractivity contribution is 5.88. The zero-order chi connectivity index (χ0) is 16.1. The minimum atomic E-state index is 0.643. The molecule has 0 aromatic carbocycles. The van der Waals surface area contributed by atoms with Gasteiger partial charge in [0.2, 0.25) is 0 Å². The summed E-state index contributed by atoms with van der Waals surface area (Å²) in [5, 5.41) is 8.51. The van der Waals surface area contributed by atoms with Gasteiger partial charge in [-0.2, -0.15) is 5.10 Å². The molecule has 0 aliphatic heterocycles. The van der Waals surface area contributed by atoms with Crippen LogP contribution in [-0.2, 0) is 11.8 Å². The normalized spacial score (nSPS) is 11.0. The van der Waals surface area contributed by atoms with Crippen LogP contribution in [0.2, 0.25) is 0 Å². The fraction of sp³-hybridized carbons (Fsp3) is 0.375. The van der Waals surface area contributed by atoms with Crippen molar-refractivity contribution in [2.45, 2.75) is 13.3 Å². The number of hydrogen-bond donors (Lipinski definition) is 1. The number of ether oxygens (including phenoxy) is 1. The van der Waals surface area contributed by atoms with Gasteiger partial charge in [0, 0.05) is 38.2 Å². The number of fused-ring (bicyclic) bond motifs is 1. The second-order valence-electron chi connectivity index (χ2n) is 5.18. The minimum Gasteiger partial charge on any atom is -0.380 e. The highest BCUT2D eigenvalue weighted by Crippen LogP contribution is 2.23. The zero-order valence-corrected chi connectivity index (χ0v) is 13.4. The Kier molecular flexibility index (Phi) is 4.77. The molecule has 3 rings (SSSR count). The zero-order valence-electron chi connectivity index (χ0n) is 13.4. The smallest absolute Gasteiger partial charge is 0.164 e. The molecule has 120 valence electrons. The molecule has 0 bridgehead atoms. The Bertz CT molecular complexity index is 771. The summed E-state index contributed by atoms with van der Waals surface area (Å²) in [6.45, 7) is 4.20. The number of rotatable bonds is 7. The lowest BCUT2D eigenvalue weighted by Gasteiger charge is -2.09. The van der Waals surface area contributed by atoms with E-state index in [1.807, 2.05) is 19.2 Å². The summed E-state index contributed by atoms with van der Waals surface area (Å²) >= 11 is 0. The molecule has 1 N–H and O–H groups in total. The van der Waals surface area contributed by atoms with E-state index in [-0.39, 0.29) is 0 Å². The van der Waals surface area contributed by atoms with Crippen molar-refractivity contribution in [2.24, 2.45) is 7.05 Å². The fourth-order valence-electron chi connectivity index (χ4n) is 2.27. The van der Waals surface area contributed by atoms with Crippen LogP contribution in [0.4, 0.5) is 5.82 Å². The summed E-state index contributed by atoms with van der Waals surface area (Å²) < 4.78 is 7.25. The predicted octanol–water partition coefficient (Wildman–Crippen LogP) is 2.26. The molecule has 3 aromatic rings. The maximum Gasteiger partial charge on any atom is 0.164 e. The first-order valence-corrected chi connectivity index (χ1v) is 7.71. The summed E-state index contributed by atoms with van der Waals surface area (Å²) in [5.41, 5.74) is 1.72. The van der Waals surface area contributed by atoms with Crippen molar-refractivity contribution in [3.05, 3.63) is 30.7 Å². The van der Waals surface area contributed by atoms with E-state index in [0.717, 1.165) is 35.4 Å². The van der Waals surface area contributed by atoms with E-state index >= 15 is 0 Å². The molecule has 0 atom stereocenters. The van der Waals surface area contributed by atoms with Gasteiger partial charge in [0.15, 0.2) is 11.5 Å². The maximum absolute atomic E-state index is 5.50. The second kappa shape index (κ2) is 7.15. The topological polar surface area (TPSA) is 77.8 Å². The molecule has 7 heteroatoms. The third kappa shape index (κ3) is 3.45. The molecule has 0 unspecified atom stereocenters. The van der Waals surface area contributed by atoms with Crippen molar-refractivity contribution in [3.63, 3.8) is 0 Å². The summed E-state index contributed by atoms with van der Waals surface area (Å²) in [5.74, 6) is 1.43. The highest BCUT2D eigenvalue weighted by Gasteiger charge is 2.12. The van der Waals surface area contributed by atoms with Gasteiger partial charge in [0.25, 0.3) is 0 Å². The van der Waals surface area contributed by atoms with E-state index in [1.165, 1.54) is 0 Å². The number of aromatic nitrogens is 5. The van der Waals surface area contributed by atoms with Gasteiger partial charge in [-0.05, 0) is 18.6 Å². The number of aryl methyl sites for hydroxylation is 1. The average Bonchev–Trinajstić information content (AvgIpc) is 2.97. The standard InChI is InChI=1S/C16H20N6O/c1-3-9-23-10-8-18-15-13-11-19-22(2)16(13)21-14(20-15)12-4-6-17-7-5-12/h4-7,11H,3,8-10H2,1-2H3,(H,18,20,21). The van der Waals surface area contributed by atoms with Gasteiger partial charge in [-0.15, -0.1) is 0 Å². The van der Waals surface area contributed by atoms with Crippen molar-refractivity contribution >= 4 is 16.9 Å². The van der Waals surface area contributed by atoms with Gasteiger partial charge in [0.1, 0.15) is 5.82 Å². The molecule has 0 fully saturated rings. The minimum absolute atomic E-state index is 0.643. The van der Waals surface area contributed by atoms with Crippen molar-refractivity contribution in [1.29, 1.82) is 0 Å². The van der Waals surface area contributed by atoms with Crippen LogP contribution in [0.25, 0.3) is 22.4 Å². The Morgan fingerprint density at radius 3 is 2.78 bits per heavy atom. The monoisotopic (exact) mass is 312 g/mol. The quantitative estimate of drug-likeness (QED) is 0.674. The number of pyridine rings is 1. The number of nitrogens with zero attached hydrogens (tertiary/aromatic N) is 5. The molecule has 0 saturated carbocycles. The number of hydrogen-bond acceptors (Lipinski definition) is 6. The molecule has 0 aliphatic rings. The summed E-state index contributed by atoms with van der Waals surface area (Å²) in [7, 11) is 1.87. The van der Waals surface area contributed by atoms with Gasteiger partial charge < -0.3 is 10.1 Å². The Labute approximate surface area is 134 Å². The molecule has 3 aromatic heterocycles. The largest absolute Gasteiger partial charge is 0.380 e. The molecule has 3 heterocycles. The Balaban J connectivity index is 1.89. The van der Waals surface area contributed by atoms with E-state index in [2.05, 4.69) is 32.3 Å². The molecule has 0 aliphatic carbocycles. The molecule has 7 nitrogen and oxygen atoms in total. The van der Waals surface area contributed by atoms with E-state index in [0.29, 0.717) is 19.0 Å². The Morgan fingerprint density at radius 1 is 1.17 bits per heavy atom. The third-order valence-electron chi connectivity index (χ3n) is 3.42. The van der Waals surface area contributed by atoms with Crippen LogP contribution in [0, 0.1) is 0 Å². The summed E-state index contributed by atoms with van der Waals surface area (Å²) in [4.78, 5) is 13.3. The SMILES string of the molecule is CCCOCCNc1nc(-c2ccncc2)nc2c1cnn2C. The van der Waals surface area contributed by atoms with E-state index in [9.17, 15) is 0 Å². The van der Waals surface area contributed by atoms with Gasteiger partial charge in [0.05, 0.1) is 18.2 Å². The maximum atomic E-state index is 5.50. The van der Waals surface area contributed by atoms with Gasteiger partial charge >= 0.3 is 0 Å². The first-order chi connectivity index (χ1) is 11.3. The van der Waals surface area contributed by atoms with Crippen LogP contribution in [0.3, 0.4) is 0 Å². The van der Waals surface area contributed by atoms with Crippen molar-refractivity contribution in [2.75, 3.05) is 25.1 Å². The lowest BCUT2D eigenvalue weighted by molar-refractivity contribution is 0.144. The van der Waals surface area contributed by atoms with Crippen LogP contribution >= 0.6 is 0 Å². The van der Waals surface area contributed by atoms with Crippen LogP contribution in [0.15, 0.2) is 30.7 Å². The molecule has 0 amide bonds. The van der Waals surface area contributed by atoms with Crippen LogP contribution in [0.5, 0.6) is 0 Å². The van der Waals surface area contributed by atoms with Gasteiger partial charge in [-0.3, -0.25) is 9.67 Å². The first-order valence-electron chi connectivity index (χ1n) is 7.71. The predicted molar refractivity (Wildman–Crippen MR) is 89.1 cm³/mol. The Hall–Kier alpha value is -2.54. The fourth-order valence-corrected chi connectivity index (χ4v) is 2.27. The molecule has 0 radical (unpaired) electrons. The van der Waals surface area contributed by atoms with Crippen molar-refractivity contribution < 1.29 is 4.74 Å². The van der Waals surface area contributed by atoms with E-state index in [1.54, 1.807) is 23.3 Å². The second-order valence-corrected chi connectivity index (χ2v) is 5.18. The summed E-state index contributed by atoms with van der Waals surface area (Å²) in [6, 6.07) is 3.79. The number of nitrogens with one attached hydrogen (secondary N) is 1. The highest BCUT2D eigenvalue weighted by atomic mass is 16.5. The van der Waals surface area contributed by atoms with Gasteiger partial charge in [-0.1, -0.05) is 6.92 Å². The first kappa shape index (κ1) is 15.4. The van der Waals surface area contributed by atoms with Crippen molar-refractivity contribution in [1.82, 2.24) is 24.7 Å². The van der Waals surface area contributed by atoms with Crippen molar-refractivity contribution in [3.8, 4) is 11.4 Å². The van der Waals surface area contributed by atoms with Crippen LogP contribution in [-0.4, -0.2) is 44.5 Å². The summed E-state index contributed by atoms with van der Waals surface area (Å²) in [6.07, 6.45) is 6.27. The van der Waals surface area contributed by atoms with Crippen LogP contribution < -0.4 is 5.32 Å². The molecule has 0 spiro atoms. The average molecular weight is 312 g/mol. The lowest BCUT2D eigenvalue weighted by atomic mass is 10.2. The van der Waals surface area contributed by atoms with E-state index < -0.39 is 0 Å². The molecule has 23 heavy (non-hydrogen) atoms. The molecular weight excluding hydrogens is 292 g/mol. The van der Waals surface area contributed by atoms with Gasteiger partial charge in [-0.25, -0.2) is 9.97 Å². The molecular formula is C16H20N6O. The van der Waals surface area contributed by atoms with Crippen LogP contribution in [0.1, 0.15) is 13.3 Å². The van der Waals surface area contributed by atoms with E-state index in [4.69, 9.17) is 4.74 Å². The third-order valence-corrected chi connectivity index (χ3v) is 3.42.